The van der Waals surface area contributed by atoms with Gasteiger partial charge in [0, 0.05) is 19.3 Å². The first kappa shape index (κ1) is 33.7. The van der Waals surface area contributed by atoms with E-state index in [0.29, 0.717) is 43.1 Å². The van der Waals surface area contributed by atoms with E-state index in [9.17, 15) is 32.7 Å². The Morgan fingerprint density at radius 2 is 1.98 bits per heavy atom. The van der Waals surface area contributed by atoms with Gasteiger partial charge in [0.15, 0.2) is 11.5 Å². The predicted octanol–water partition coefficient (Wildman–Crippen LogP) is 4.72. The molecule has 17 heteroatoms. The Morgan fingerprint density at radius 3 is 2.64 bits per heavy atom. The number of likely N-dealkylation sites (tertiary alicyclic amines) is 1. The van der Waals surface area contributed by atoms with Crippen LogP contribution in [-0.2, 0) is 32.6 Å². The molecule has 3 aromatic heterocycles. The van der Waals surface area contributed by atoms with Gasteiger partial charge in [-0.25, -0.2) is 4.98 Å². The zero-order chi connectivity index (χ0) is 35.4. The van der Waals surface area contributed by atoms with E-state index in [1.165, 1.54) is 18.3 Å². The molecule has 4 aromatic rings. The number of pyridine rings is 1. The number of anilines is 1. The summed E-state index contributed by atoms with van der Waals surface area (Å²) in [5, 5.41) is 17.1. The van der Waals surface area contributed by atoms with Crippen molar-refractivity contribution in [1.82, 2.24) is 29.0 Å². The van der Waals surface area contributed by atoms with Crippen LogP contribution in [0.5, 0.6) is 5.75 Å². The fourth-order valence-corrected chi connectivity index (χ4v) is 7.03. The van der Waals surface area contributed by atoms with Crippen molar-refractivity contribution >= 4 is 40.5 Å². The zero-order valence-electron chi connectivity index (χ0n) is 26.7. The average Bonchev–Trinajstić information content (AvgIpc) is 3.69. The number of benzene rings is 1. The molecule has 3 aliphatic heterocycles. The van der Waals surface area contributed by atoms with Crippen LogP contribution in [-0.4, -0.2) is 72.3 Å². The van der Waals surface area contributed by atoms with Crippen molar-refractivity contribution in [3.63, 3.8) is 0 Å². The van der Waals surface area contributed by atoms with Crippen LogP contribution < -0.4 is 10.9 Å². The van der Waals surface area contributed by atoms with Crippen molar-refractivity contribution in [2.75, 3.05) is 31.6 Å². The first-order valence-corrected chi connectivity index (χ1v) is 16.4. The fraction of sp³-hybridized carbons (Fsp3) is 0.394. The van der Waals surface area contributed by atoms with E-state index in [4.69, 9.17) is 26.1 Å². The molecule has 1 unspecified atom stereocenters. The molecule has 262 valence electrons. The minimum atomic E-state index is -4.62. The number of piperidine rings is 1. The highest BCUT2D eigenvalue weighted by Crippen LogP contribution is 2.49. The summed E-state index contributed by atoms with van der Waals surface area (Å²) in [7, 11) is 0. The number of hydrogen-bond acceptors (Lipinski definition) is 9. The van der Waals surface area contributed by atoms with Crippen LogP contribution in [0.25, 0.3) is 11.4 Å². The van der Waals surface area contributed by atoms with Crippen LogP contribution in [0.2, 0.25) is 5.02 Å². The summed E-state index contributed by atoms with van der Waals surface area (Å²) in [6.45, 7) is 2.64. The lowest BCUT2D eigenvalue weighted by atomic mass is 9.85. The predicted molar refractivity (Wildman–Crippen MR) is 173 cm³/mol. The highest BCUT2D eigenvalue weighted by atomic mass is 35.5. The Bertz CT molecular complexity index is 2110. The van der Waals surface area contributed by atoms with Crippen LogP contribution in [0.15, 0.2) is 47.4 Å². The number of aromatic hydroxyl groups is 1. The number of hydrogen-bond donors (Lipinski definition) is 2. The van der Waals surface area contributed by atoms with E-state index in [2.05, 4.69) is 15.4 Å². The van der Waals surface area contributed by atoms with Crippen LogP contribution in [0.3, 0.4) is 0 Å². The van der Waals surface area contributed by atoms with Gasteiger partial charge in [-0.15, -0.1) is 5.10 Å². The molecule has 0 radical (unpaired) electrons. The maximum Gasteiger partial charge on any atom is 0.416 e. The number of carbonyl (C=O) groups is 2. The van der Waals surface area contributed by atoms with E-state index in [1.54, 1.807) is 9.47 Å². The number of alkyl halides is 3. The Hall–Kier alpha value is -4.80. The van der Waals surface area contributed by atoms with Gasteiger partial charge < -0.3 is 29.4 Å². The first-order valence-electron chi connectivity index (χ1n) is 16.0. The quantitative estimate of drug-likeness (QED) is 0.289. The number of rotatable bonds is 6. The molecule has 1 atom stereocenters. The molecule has 1 fully saturated rings. The molecule has 2 N–H and O–H groups in total. The van der Waals surface area contributed by atoms with Gasteiger partial charge in [0.05, 0.1) is 46.8 Å². The Labute approximate surface area is 287 Å². The second-order valence-corrected chi connectivity index (χ2v) is 12.7. The topological polar surface area (TPSA) is 153 Å². The standard InChI is InChI=1S/C33H31ClF3N7O6/c1-2-23-27-25(32(50-23)9-12-42(13-10-32)30(48)26-22(45)4-3-11-38-26)29(47)44-31(40-28(41-44)18-7-14-49-15-8-18)43(27)17-24(46)39-21-6-5-19(16-20(21)34)33(35,36)37/h3-7,11,16,23,45H,2,8-10,12-15,17H2,1H3,(H,39,46). The second-order valence-electron chi connectivity index (χ2n) is 12.3. The molecule has 0 aliphatic carbocycles. The lowest BCUT2D eigenvalue weighted by Gasteiger charge is -2.39. The van der Waals surface area contributed by atoms with Crippen molar-refractivity contribution in [1.29, 1.82) is 0 Å². The average molecular weight is 714 g/mol. The van der Waals surface area contributed by atoms with Crippen LogP contribution in [0, 0.1) is 0 Å². The number of aromatic nitrogens is 5. The molecule has 0 saturated carbocycles. The smallest absolute Gasteiger partial charge is 0.416 e. The van der Waals surface area contributed by atoms with E-state index in [1.807, 2.05) is 13.0 Å². The molecular formula is C33H31ClF3N7O6. The lowest BCUT2D eigenvalue weighted by Crippen LogP contribution is -2.47. The normalized spacial score (nSPS) is 18.7. The molecule has 1 saturated heterocycles. The van der Waals surface area contributed by atoms with Crippen molar-refractivity contribution in [3.05, 3.63) is 86.3 Å². The number of carbonyl (C=O) groups excluding carboxylic acids is 2. The van der Waals surface area contributed by atoms with E-state index in [-0.39, 0.29) is 53.9 Å². The molecular weight excluding hydrogens is 683 g/mol. The van der Waals surface area contributed by atoms with Gasteiger partial charge in [0.25, 0.3) is 11.5 Å². The van der Waals surface area contributed by atoms with Gasteiger partial charge in [-0.05, 0) is 61.6 Å². The number of ether oxygens (including phenoxy) is 2. The van der Waals surface area contributed by atoms with Gasteiger partial charge >= 0.3 is 6.18 Å². The number of halogens is 4. The summed E-state index contributed by atoms with van der Waals surface area (Å²) < 4.78 is 54.5. The number of fused-ring (bicyclic) bond motifs is 3. The van der Waals surface area contributed by atoms with Gasteiger partial charge in [0.2, 0.25) is 11.7 Å². The largest absolute Gasteiger partial charge is 0.505 e. The van der Waals surface area contributed by atoms with Crippen molar-refractivity contribution < 1.29 is 37.3 Å². The molecule has 2 amide bonds. The highest BCUT2D eigenvalue weighted by molar-refractivity contribution is 6.33. The third-order valence-electron chi connectivity index (χ3n) is 9.25. The molecule has 13 nitrogen and oxygen atoms in total. The van der Waals surface area contributed by atoms with E-state index < -0.39 is 47.4 Å². The zero-order valence-corrected chi connectivity index (χ0v) is 27.4. The summed E-state index contributed by atoms with van der Waals surface area (Å²) in [4.78, 5) is 51.5. The first-order chi connectivity index (χ1) is 23.9. The summed E-state index contributed by atoms with van der Waals surface area (Å²) in [5.74, 6) is -0.954. The van der Waals surface area contributed by atoms with Gasteiger partial charge in [-0.1, -0.05) is 24.6 Å². The molecule has 6 heterocycles. The summed E-state index contributed by atoms with van der Waals surface area (Å²) >= 11 is 6.13. The molecule has 1 aromatic carbocycles. The Balaban J connectivity index is 1.28. The van der Waals surface area contributed by atoms with Crippen molar-refractivity contribution in [2.45, 2.75) is 57.0 Å². The maximum atomic E-state index is 14.4. The maximum absolute atomic E-state index is 14.4. The number of nitrogens with one attached hydrogen (secondary N) is 1. The molecule has 3 aliphatic rings. The third-order valence-corrected chi connectivity index (χ3v) is 9.57. The van der Waals surface area contributed by atoms with Gasteiger partial charge in [-0.2, -0.15) is 22.7 Å². The van der Waals surface area contributed by atoms with Gasteiger partial charge in [0.1, 0.15) is 17.9 Å². The summed E-state index contributed by atoms with van der Waals surface area (Å²) in [6.07, 6.45) is -0.627. The SMILES string of the molecule is CCC1OC2(CCN(C(=O)c3ncccc3O)CC2)c2c1n(CC(=O)Nc1ccc(C(F)(F)F)cc1Cl)c1nc(C3=CCOCC3)nn1c2=O. The Kier molecular flexibility index (Phi) is 8.64. The highest BCUT2D eigenvalue weighted by Gasteiger charge is 2.51. The summed E-state index contributed by atoms with van der Waals surface area (Å²) in [6, 6.07) is 5.53. The van der Waals surface area contributed by atoms with Crippen molar-refractivity contribution in [3.8, 4) is 5.75 Å². The lowest BCUT2D eigenvalue weighted by molar-refractivity contribution is -0.137. The van der Waals surface area contributed by atoms with E-state index in [0.717, 1.165) is 28.3 Å². The van der Waals surface area contributed by atoms with Crippen LogP contribution in [0.4, 0.5) is 18.9 Å². The second kappa shape index (κ2) is 12.8. The monoisotopic (exact) mass is 713 g/mol. The van der Waals surface area contributed by atoms with Crippen LogP contribution >= 0.6 is 11.6 Å². The molecule has 0 bridgehead atoms. The van der Waals surface area contributed by atoms with Crippen LogP contribution in [0.1, 0.15) is 71.8 Å². The third kappa shape index (κ3) is 5.90. The molecule has 1 spiro atoms. The minimum absolute atomic E-state index is 0.0244. The van der Waals surface area contributed by atoms with Gasteiger partial charge in [-0.3, -0.25) is 14.4 Å². The molecule has 50 heavy (non-hydrogen) atoms. The fourth-order valence-electron chi connectivity index (χ4n) is 6.80. The van der Waals surface area contributed by atoms with E-state index >= 15 is 0 Å². The minimum Gasteiger partial charge on any atom is -0.505 e. The van der Waals surface area contributed by atoms with Crippen molar-refractivity contribution in [2.24, 2.45) is 0 Å². The summed E-state index contributed by atoms with van der Waals surface area (Å²) in [5.41, 5.74) is -1.17. The molecule has 7 rings (SSSR count). The Morgan fingerprint density at radius 1 is 1.20 bits per heavy atom. The number of amides is 2. The number of nitrogens with zero attached hydrogens (tertiary/aromatic N) is 6.